The summed E-state index contributed by atoms with van der Waals surface area (Å²) >= 11 is 6.11. The highest BCUT2D eigenvalue weighted by Crippen LogP contribution is 2.29. The summed E-state index contributed by atoms with van der Waals surface area (Å²) < 4.78 is 1.59. The van der Waals surface area contributed by atoms with Crippen molar-refractivity contribution in [2.45, 2.75) is 13.3 Å². The average Bonchev–Trinajstić information content (AvgIpc) is 3.16. The number of nitrogens with one attached hydrogen (secondary N) is 1. The average molecular weight is 333 g/mol. The molecule has 1 unspecified atom stereocenters. The van der Waals surface area contributed by atoms with Gasteiger partial charge in [0.05, 0.1) is 0 Å². The Balaban J connectivity index is 1.57. The van der Waals surface area contributed by atoms with E-state index in [0.717, 1.165) is 24.5 Å². The smallest absolute Gasteiger partial charge is 0.269 e. The highest BCUT2D eigenvalue weighted by molar-refractivity contribution is 6.30. The van der Waals surface area contributed by atoms with Gasteiger partial charge in [-0.2, -0.15) is 5.10 Å². The lowest BCUT2D eigenvalue weighted by Crippen LogP contribution is -2.32. The van der Waals surface area contributed by atoms with Crippen molar-refractivity contribution in [1.29, 1.82) is 0 Å². The second-order valence-electron chi connectivity index (χ2n) is 6.08. The van der Waals surface area contributed by atoms with Crippen molar-refractivity contribution < 1.29 is 4.79 Å². The van der Waals surface area contributed by atoms with Gasteiger partial charge in [-0.25, -0.2) is 0 Å². The predicted octanol–water partition coefficient (Wildman–Crippen LogP) is 2.64. The Morgan fingerprint density at radius 1 is 1.43 bits per heavy atom. The molecule has 1 N–H and O–H groups in total. The molecule has 1 fully saturated rings. The third-order valence-corrected chi connectivity index (χ3v) is 4.64. The van der Waals surface area contributed by atoms with Crippen LogP contribution in [0, 0.1) is 12.8 Å². The fraction of sp³-hybridized carbons (Fsp3) is 0.412. The topological polar surface area (TPSA) is 50.2 Å². The molecule has 2 aromatic rings. The van der Waals surface area contributed by atoms with Gasteiger partial charge in [-0.1, -0.05) is 17.7 Å². The number of carbonyl (C=O) groups excluding carboxylic acids is 1. The van der Waals surface area contributed by atoms with E-state index in [1.807, 2.05) is 12.1 Å². The van der Waals surface area contributed by atoms with Gasteiger partial charge in [0.15, 0.2) is 0 Å². The zero-order chi connectivity index (χ0) is 16.4. The van der Waals surface area contributed by atoms with Crippen LogP contribution >= 0.6 is 11.6 Å². The number of rotatable bonds is 4. The van der Waals surface area contributed by atoms with E-state index in [0.29, 0.717) is 18.2 Å². The van der Waals surface area contributed by atoms with E-state index in [9.17, 15) is 4.79 Å². The SMILES string of the molecule is Cc1ccc(Cl)cc1N1CCC(CNC(=O)c2ccnn2C)C1. The summed E-state index contributed by atoms with van der Waals surface area (Å²) in [4.78, 5) is 14.5. The maximum Gasteiger partial charge on any atom is 0.269 e. The maximum absolute atomic E-state index is 12.1. The molecule has 0 radical (unpaired) electrons. The lowest BCUT2D eigenvalue weighted by molar-refractivity contribution is 0.0939. The largest absolute Gasteiger partial charge is 0.371 e. The molecule has 1 atom stereocenters. The van der Waals surface area contributed by atoms with Gasteiger partial charge in [0.25, 0.3) is 5.91 Å². The van der Waals surface area contributed by atoms with Crippen molar-refractivity contribution in [3.8, 4) is 0 Å². The number of anilines is 1. The van der Waals surface area contributed by atoms with Gasteiger partial charge in [0.1, 0.15) is 5.69 Å². The van der Waals surface area contributed by atoms with Crippen LogP contribution in [-0.2, 0) is 7.05 Å². The van der Waals surface area contributed by atoms with Crippen LogP contribution in [0.5, 0.6) is 0 Å². The van der Waals surface area contributed by atoms with Gasteiger partial charge in [-0.3, -0.25) is 9.48 Å². The molecule has 1 aliphatic heterocycles. The second-order valence-corrected chi connectivity index (χ2v) is 6.52. The number of benzene rings is 1. The van der Waals surface area contributed by atoms with E-state index in [-0.39, 0.29) is 5.91 Å². The molecule has 6 heteroatoms. The van der Waals surface area contributed by atoms with E-state index >= 15 is 0 Å². The molecule has 0 aliphatic carbocycles. The first-order valence-electron chi connectivity index (χ1n) is 7.82. The minimum absolute atomic E-state index is 0.0672. The van der Waals surface area contributed by atoms with Crippen molar-refractivity contribution in [3.05, 3.63) is 46.7 Å². The zero-order valence-electron chi connectivity index (χ0n) is 13.4. The Morgan fingerprint density at radius 2 is 2.26 bits per heavy atom. The molecular formula is C17H21ClN4O. The molecule has 1 aliphatic rings. The summed E-state index contributed by atoms with van der Waals surface area (Å²) in [6, 6.07) is 7.72. The van der Waals surface area contributed by atoms with E-state index < -0.39 is 0 Å². The zero-order valence-corrected chi connectivity index (χ0v) is 14.2. The quantitative estimate of drug-likeness (QED) is 0.936. The van der Waals surface area contributed by atoms with Crippen molar-refractivity contribution >= 4 is 23.2 Å². The van der Waals surface area contributed by atoms with Crippen LogP contribution < -0.4 is 10.2 Å². The molecule has 1 amide bonds. The molecule has 1 aromatic carbocycles. The van der Waals surface area contributed by atoms with E-state index in [1.165, 1.54) is 11.3 Å². The number of hydrogen-bond acceptors (Lipinski definition) is 3. The lowest BCUT2D eigenvalue weighted by atomic mass is 10.1. The van der Waals surface area contributed by atoms with Crippen molar-refractivity contribution in [3.63, 3.8) is 0 Å². The molecule has 1 saturated heterocycles. The van der Waals surface area contributed by atoms with Crippen LogP contribution in [0.15, 0.2) is 30.5 Å². The van der Waals surface area contributed by atoms with Crippen LogP contribution in [0.1, 0.15) is 22.5 Å². The van der Waals surface area contributed by atoms with Crippen molar-refractivity contribution in [2.24, 2.45) is 13.0 Å². The summed E-state index contributed by atoms with van der Waals surface area (Å²) in [7, 11) is 1.77. The number of carbonyl (C=O) groups is 1. The molecule has 1 aromatic heterocycles. The molecule has 23 heavy (non-hydrogen) atoms. The maximum atomic E-state index is 12.1. The van der Waals surface area contributed by atoms with E-state index in [1.54, 1.807) is 24.0 Å². The first-order chi connectivity index (χ1) is 11.0. The highest BCUT2D eigenvalue weighted by atomic mass is 35.5. The van der Waals surface area contributed by atoms with Gasteiger partial charge in [0, 0.05) is 43.6 Å². The Labute approximate surface area is 141 Å². The van der Waals surface area contributed by atoms with Gasteiger partial charge < -0.3 is 10.2 Å². The van der Waals surface area contributed by atoms with Crippen LogP contribution in [0.25, 0.3) is 0 Å². The Hall–Kier alpha value is -2.01. The Morgan fingerprint density at radius 3 is 3.00 bits per heavy atom. The first kappa shape index (κ1) is 15.9. The third-order valence-electron chi connectivity index (χ3n) is 4.40. The van der Waals surface area contributed by atoms with Gasteiger partial charge >= 0.3 is 0 Å². The van der Waals surface area contributed by atoms with Crippen LogP contribution in [-0.4, -0.2) is 35.3 Å². The number of aromatic nitrogens is 2. The molecular weight excluding hydrogens is 312 g/mol. The number of hydrogen-bond donors (Lipinski definition) is 1. The normalized spacial score (nSPS) is 17.5. The molecule has 122 valence electrons. The summed E-state index contributed by atoms with van der Waals surface area (Å²) in [5.41, 5.74) is 3.01. The predicted molar refractivity (Wildman–Crippen MR) is 92.1 cm³/mol. The third kappa shape index (κ3) is 3.50. The van der Waals surface area contributed by atoms with Crippen molar-refractivity contribution in [2.75, 3.05) is 24.5 Å². The van der Waals surface area contributed by atoms with Gasteiger partial charge in [0.2, 0.25) is 0 Å². The Kier molecular flexibility index (Phi) is 4.57. The van der Waals surface area contributed by atoms with Gasteiger partial charge in [-0.05, 0) is 43.0 Å². The summed E-state index contributed by atoms with van der Waals surface area (Å²) in [5.74, 6) is 0.382. The molecule has 5 nitrogen and oxygen atoms in total. The summed E-state index contributed by atoms with van der Waals surface area (Å²) in [6.45, 7) is 4.71. The van der Waals surface area contributed by atoms with Crippen LogP contribution in [0.3, 0.4) is 0 Å². The summed E-state index contributed by atoms with van der Waals surface area (Å²) in [6.07, 6.45) is 2.70. The minimum Gasteiger partial charge on any atom is -0.371 e. The minimum atomic E-state index is -0.0672. The molecule has 0 saturated carbocycles. The lowest BCUT2D eigenvalue weighted by Gasteiger charge is -2.21. The standard InChI is InChI=1S/C17H21ClN4O/c1-12-3-4-14(18)9-16(12)22-8-6-13(11-22)10-19-17(23)15-5-7-20-21(15)2/h3-5,7,9,13H,6,8,10-11H2,1-2H3,(H,19,23). The number of nitrogens with zero attached hydrogens (tertiary/aromatic N) is 3. The Bertz CT molecular complexity index is 712. The van der Waals surface area contributed by atoms with E-state index in [2.05, 4.69) is 28.3 Å². The number of aryl methyl sites for hydroxylation is 2. The molecule has 0 bridgehead atoms. The van der Waals surface area contributed by atoms with Gasteiger partial charge in [-0.15, -0.1) is 0 Å². The summed E-state index contributed by atoms with van der Waals surface area (Å²) in [5, 5.41) is 7.80. The van der Waals surface area contributed by atoms with Crippen molar-refractivity contribution in [1.82, 2.24) is 15.1 Å². The second kappa shape index (κ2) is 6.62. The first-order valence-corrected chi connectivity index (χ1v) is 8.19. The monoisotopic (exact) mass is 332 g/mol. The highest BCUT2D eigenvalue weighted by Gasteiger charge is 2.24. The van der Waals surface area contributed by atoms with E-state index in [4.69, 9.17) is 11.6 Å². The molecule has 0 spiro atoms. The number of amides is 1. The molecule has 2 heterocycles. The fourth-order valence-electron chi connectivity index (χ4n) is 3.07. The fourth-order valence-corrected chi connectivity index (χ4v) is 3.23. The molecule has 3 rings (SSSR count). The van der Waals surface area contributed by atoms with Crippen LogP contribution in [0.2, 0.25) is 5.02 Å². The van der Waals surface area contributed by atoms with Crippen LogP contribution in [0.4, 0.5) is 5.69 Å². The number of halogens is 1.